The Bertz CT molecular complexity index is 1010. The Morgan fingerprint density at radius 3 is 2.09 bits per heavy atom. The fraction of sp³-hybridized carbons (Fsp3) is 0.357. The maximum atomic E-state index is 11.9. The van der Waals surface area contributed by atoms with Crippen molar-refractivity contribution in [2.75, 3.05) is 26.2 Å². The number of piperidine rings is 1. The molecule has 4 nitrogen and oxygen atoms in total. The van der Waals surface area contributed by atoms with Crippen LogP contribution < -0.4 is 4.74 Å². The molecule has 0 radical (unpaired) electrons. The number of halogens is 1. The molecule has 0 aromatic heterocycles. The number of hydrogen-bond donors (Lipinski definition) is 2. The van der Waals surface area contributed by atoms with Crippen molar-refractivity contribution in [3.8, 4) is 5.75 Å². The normalized spacial score (nSPS) is 17.0. The van der Waals surface area contributed by atoms with Crippen molar-refractivity contribution < 1.29 is 14.9 Å². The van der Waals surface area contributed by atoms with E-state index in [1.165, 1.54) is 0 Å². The molecule has 1 unspecified atom stereocenters. The molecule has 5 heteroatoms. The zero-order valence-electron chi connectivity index (χ0n) is 19.1. The minimum Gasteiger partial charge on any atom is -0.492 e. The van der Waals surface area contributed by atoms with Crippen LogP contribution in [0.25, 0.3) is 0 Å². The van der Waals surface area contributed by atoms with Crippen molar-refractivity contribution in [3.05, 3.63) is 100 Å². The van der Waals surface area contributed by atoms with Crippen LogP contribution in [-0.2, 0) is 12.0 Å². The molecule has 1 aliphatic rings. The van der Waals surface area contributed by atoms with Gasteiger partial charge in [0.1, 0.15) is 18.0 Å². The minimum atomic E-state index is -1.17. The summed E-state index contributed by atoms with van der Waals surface area (Å²) in [5.74, 6) is 0.786. The molecule has 0 aliphatic carbocycles. The number of benzene rings is 3. The lowest BCUT2D eigenvalue weighted by Crippen LogP contribution is -2.38. The molecule has 174 valence electrons. The van der Waals surface area contributed by atoms with E-state index in [9.17, 15) is 10.2 Å². The van der Waals surface area contributed by atoms with E-state index in [-0.39, 0.29) is 6.10 Å². The highest BCUT2D eigenvalue weighted by molar-refractivity contribution is 6.30. The second kappa shape index (κ2) is 10.7. The molecule has 1 fully saturated rings. The molecule has 1 atom stereocenters. The van der Waals surface area contributed by atoms with Crippen LogP contribution in [0.3, 0.4) is 0 Å². The number of rotatable bonds is 8. The van der Waals surface area contributed by atoms with Crippen LogP contribution in [0, 0.1) is 6.92 Å². The van der Waals surface area contributed by atoms with Gasteiger partial charge in [-0.1, -0.05) is 65.7 Å². The molecule has 1 heterocycles. The molecule has 3 aromatic carbocycles. The molecule has 2 N–H and O–H groups in total. The second-order valence-electron chi connectivity index (χ2n) is 8.98. The second-order valence-corrected chi connectivity index (χ2v) is 9.41. The van der Waals surface area contributed by atoms with Crippen molar-refractivity contribution in [3.63, 3.8) is 0 Å². The van der Waals surface area contributed by atoms with Gasteiger partial charge in [-0.3, -0.25) is 4.90 Å². The van der Waals surface area contributed by atoms with E-state index in [1.54, 1.807) is 0 Å². The van der Waals surface area contributed by atoms with Crippen molar-refractivity contribution in [2.24, 2.45) is 0 Å². The summed E-state index contributed by atoms with van der Waals surface area (Å²) in [7, 11) is 0. The number of likely N-dealkylation sites (tertiary alicyclic amines) is 1. The molecule has 4 rings (SSSR count). The molecule has 0 saturated carbocycles. The van der Waals surface area contributed by atoms with E-state index >= 15 is 0 Å². The van der Waals surface area contributed by atoms with Crippen LogP contribution in [0.4, 0.5) is 0 Å². The van der Waals surface area contributed by atoms with Crippen LogP contribution >= 0.6 is 11.6 Å². The van der Waals surface area contributed by atoms with Crippen molar-refractivity contribution in [1.82, 2.24) is 4.90 Å². The molecule has 3 aromatic rings. The Morgan fingerprint density at radius 2 is 1.48 bits per heavy atom. The Kier molecular flexibility index (Phi) is 7.71. The van der Waals surface area contributed by atoms with Gasteiger partial charge >= 0.3 is 0 Å². The van der Waals surface area contributed by atoms with Crippen molar-refractivity contribution in [2.45, 2.75) is 37.9 Å². The van der Waals surface area contributed by atoms with E-state index in [2.05, 4.69) is 4.90 Å². The monoisotopic (exact) mass is 465 g/mol. The van der Waals surface area contributed by atoms with E-state index < -0.39 is 5.60 Å². The highest BCUT2D eigenvalue weighted by Gasteiger charge is 2.32. The molecule has 0 amide bonds. The molecular weight excluding hydrogens is 434 g/mol. The van der Waals surface area contributed by atoms with E-state index in [0.717, 1.165) is 60.5 Å². The Balaban J connectivity index is 1.48. The van der Waals surface area contributed by atoms with E-state index in [1.807, 2.05) is 79.7 Å². The maximum Gasteiger partial charge on any atom is 0.119 e. The first-order valence-electron chi connectivity index (χ1n) is 11.6. The molecular formula is C28H32ClNO3. The third kappa shape index (κ3) is 6.15. The van der Waals surface area contributed by atoms with Gasteiger partial charge in [0.05, 0.1) is 6.10 Å². The van der Waals surface area contributed by atoms with Gasteiger partial charge in [0, 0.05) is 31.1 Å². The predicted octanol–water partition coefficient (Wildman–Crippen LogP) is 4.96. The average molecular weight is 466 g/mol. The molecule has 0 bridgehead atoms. The molecule has 1 saturated heterocycles. The first-order valence-corrected chi connectivity index (χ1v) is 12.0. The third-order valence-corrected chi connectivity index (χ3v) is 6.72. The summed E-state index contributed by atoms with van der Waals surface area (Å²) in [4.78, 5) is 2.32. The standard InChI is InChI=1S/C28H32ClNO3/c1-21-2-6-23(7-3-21)28(32,20-22-4-10-25(29)11-5-22)24-8-12-27(13-9-24)33-19-18-30-16-14-26(31)15-17-30/h2-13,26,31-32H,14-20H2,1H3. The lowest BCUT2D eigenvalue weighted by molar-refractivity contribution is 0.0752. The topological polar surface area (TPSA) is 52.9 Å². The van der Waals surface area contributed by atoms with Crippen LogP contribution in [0.1, 0.15) is 35.1 Å². The predicted molar refractivity (Wildman–Crippen MR) is 133 cm³/mol. The number of aryl methyl sites for hydroxylation is 1. The number of aliphatic hydroxyl groups is 2. The van der Waals surface area contributed by atoms with Gasteiger partial charge < -0.3 is 14.9 Å². The first kappa shape index (κ1) is 23.8. The van der Waals surface area contributed by atoms with Gasteiger partial charge in [-0.05, 0) is 60.7 Å². The Morgan fingerprint density at radius 1 is 0.909 bits per heavy atom. The summed E-state index contributed by atoms with van der Waals surface area (Å²) >= 11 is 6.06. The highest BCUT2D eigenvalue weighted by atomic mass is 35.5. The molecule has 0 spiro atoms. The minimum absolute atomic E-state index is 0.158. The fourth-order valence-electron chi connectivity index (χ4n) is 4.36. The Labute approximate surface area is 201 Å². The largest absolute Gasteiger partial charge is 0.492 e. The number of nitrogens with zero attached hydrogens (tertiary/aromatic N) is 1. The Hall–Kier alpha value is -2.37. The summed E-state index contributed by atoms with van der Waals surface area (Å²) in [6, 6.07) is 23.4. The first-order chi connectivity index (χ1) is 15.9. The lowest BCUT2D eigenvalue weighted by atomic mass is 9.81. The number of hydrogen-bond acceptors (Lipinski definition) is 4. The van der Waals surface area contributed by atoms with Crippen molar-refractivity contribution >= 4 is 11.6 Å². The smallest absolute Gasteiger partial charge is 0.119 e. The quantitative estimate of drug-likeness (QED) is 0.493. The molecule has 1 aliphatic heterocycles. The number of ether oxygens (including phenoxy) is 1. The summed E-state index contributed by atoms with van der Waals surface area (Å²) in [6.07, 6.45) is 1.95. The van der Waals surface area contributed by atoms with Crippen LogP contribution in [0.2, 0.25) is 5.02 Å². The van der Waals surface area contributed by atoms with Gasteiger partial charge in [-0.15, -0.1) is 0 Å². The lowest BCUT2D eigenvalue weighted by Gasteiger charge is -2.30. The van der Waals surface area contributed by atoms with Gasteiger partial charge in [-0.25, -0.2) is 0 Å². The summed E-state index contributed by atoms with van der Waals surface area (Å²) in [5.41, 5.74) is 2.66. The molecule has 33 heavy (non-hydrogen) atoms. The SMILES string of the molecule is Cc1ccc(C(O)(Cc2ccc(Cl)cc2)c2ccc(OCCN3CCC(O)CC3)cc2)cc1. The maximum absolute atomic E-state index is 11.9. The number of aliphatic hydroxyl groups excluding tert-OH is 1. The van der Waals surface area contributed by atoms with E-state index in [4.69, 9.17) is 16.3 Å². The van der Waals surface area contributed by atoms with Crippen molar-refractivity contribution in [1.29, 1.82) is 0 Å². The zero-order chi connectivity index (χ0) is 23.3. The third-order valence-electron chi connectivity index (χ3n) is 6.47. The fourth-order valence-corrected chi connectivity index (χ4v) is 4.49. The van der Waals surface area contributed by atoms with E-state index in [0.29, 0.717) is 18.1 Å². The summed E-state index contributed by atoms with van der Waals surface area (Å²) in [6.45, 7) is 5.32. The van der Waals surface area contributed by atoms with Gasteiger partial charge in [-0.2, -0.15) is 0 Å². The van der Waals surface area contributed by atoms with Crippen LogP contribution in [0.15, 0.2) is 72.8 Å². The van der Waals surface area contributed by atoms with Gasteiger partial charge in [0.25, 0.3) is 0 Å². The average Bonchev–Trinajstić information content (AvgIpc) is 2.82. The highest BCUT2D eigenvalue weighted by Crippen LogP contribution is 2.34. The van der Waals surface area contributed by atoms with Crippen LogP contribution in [-0.4, -0.2) is 47.5 Å². The summed E-state index contributed by atoms with van der Waals surface area (Å²) < 4.78 is 5.96. The summed E-state index contributed by atoms with van der Waals surface area (Å²) in [5, 5.41) is 22.2. The van der Waals surface area contributed by atoms with Gasteiger partial charge in [0.15, 0.2) is 0 Å². The zero-order valence-corrected chi connectivity index (χ0v) is 19.8. The van der Waals surface area contributed by atoms with Gasteiger partial charge in [0.2, 0.25) is 0 Å². The van der Waals surface area contributed by atoms with Crippen LogP contribution in [0.5, 0.6) is 5.75 Å².